The number of anilines is 1. The van der Waals surface area contributed by atoms with Crippen molar-refractivity contribution in [1.29, 1.82) is 0 Å². The van der Waals surface area contributed by atoms with Gasteiger partial charge in [0.1, 0.15) is 5.82 Å². The number of carbonyl (C=O) groups is 1. The maximum absolute atomic E-state index is 11.7. The predicted octanol–water partition coefficient (Wildman–Crippen LogP) is 3.05. The summed E-state index contributed by atoms with van der Waals surface area (Å²) in [7, 11) is -1.48. The standard InChI is InChI=1S/C9H7F3.C6H7N5O4S/c10-9(11,12)7-6-8-4-2-1-3-5-8;1-3-7-4(10-6(8-3)15-2)9-5(12)11-16(13)14/h1-7H;1-2H3,(H,7,8,9,10,12). The molecule has 0 radical (unpaired) electrons. The second kappa shape index (κ2) is 10.7. The molecular formula is C15H14F3N5O4S. The number of alkyl halides is 3. The second-order valence-corrected chi connectivity index (χ2v) is 5.33. The Hall–Kier alpha value is -3.35. The van der Waals surface area contributed by atoms with Crippen LogP contribution in [-0.4, -0.2) is 42.7 Å². The molecule has 0 saturated heterocycles. The summed E-state index contributed by atoms with van der Waals surface area (Å²) in [5.74, 6) is 0.175. The highest BCUT2D eigenvalue weighted by atomic mass is 32.2. The predicted molar refractivity (Wildman–Crippen MR) is 93.0 cm³/mol. The fourth-order valence-electron chi connectivity index (χ4n) is 1.55. The van der Waals surface area contributed by atoms with Crippen LogP contribution >= 0.6 is 0 Å². The number of urea groups is 1. The van der Waals surface area contributed by atoms with Gasteiger partial charge in [0.15, 0.2) is 0 Å². The number of benzene rings is 1. The molecule has 0 bridgehead atoms. The van der Waals surface area contributed by atoms with Crippen molar-refractivity contribution in [3.05, 3.63) is 47.8 Å². The Kier molecular flexibility index (Phi) is 8.68. The number of hydrogen-bond acceptors (Lipinski definition) is 7. The SMILES string of the molecule is COc1nc(C)nc(NC(=O)N=S(=O)=O)n1.FC(F)(F)C=Cc1ccccc1. The van der Waals surface area contributed by atoms with Crippen LogP contribution in [0.3, 0.4) is 0 Å². The third-order valence-corrected chi connectivity index (χ3v) is 2.86. The van der Waals surface area contributed by atoms with Gasteiger partial charge in [0.05, 0.1) is 7.11 Å². The molecule has 0 saturated carbocycles. The molecule has 28 heavy (non-hydrogen) atoms. The normalized spacial score (nSPS) is 10.6. The van der Waals surface area contributed by atoms with Crippen LogP contribution in [0.4, 0.5) is 23.9 Å². The van der Waals surface area contributed by atoms with Crippen molar-refractivity contribution in [2.75, 3.05) is 12.4 Å². The minimum atomic E-state index is -4.23. The van der Waals surface area contributed by atoms with Gasteiger partial charge in [-0.2, -0.15) is 36.5 Å². The van der Waals surface area contributed by atoms with E-state index >= 15 is 0 Å². The average Bonchev–Trinajstić information content (AvgIpc) is 2.59. The maximum atomic E-state index is 11.7. The lowest BCUT2D eigenvalue weighted by Crippen LogP contribution is -2.11. The van der Waals surface area contributed by atoms with Crippen LogP contribution in [-0.2, 0) is 10.5 Å². The van der Waals surface area contributed by atoms with E-state index in [2.05, 4.69) is 19.3 Å². The Bertz CT molecular complexity index is 955. The highest BCUT2D eigenvalue weighted by Crippen LogP contribution is 2.17. The van der Waals surface area contributed by atoms with Gasteiger partial charge in [-0.05, 0) is 12.5 Å². The molecule has 0 aliphatic carbocycles. The highest BCUT2D eigenvalue weighted by molar-refractivity contribution is 7.62. The summed E-state index contributed by atoms with van der Waals surface area (Å²) in [6, 6.07) is 7.27. The number of ether oxygens (including phenoxy) is 1. The van der Waals surface area contributed by atoms with Gasteiger partial charge in [-0.1, -0.05) is 40.8 Å². The van der Waals surface area contributed by atoms with Crippen LogP contribution in [0.5, 0.6) is 6.01 Å². The van der Waals surface area contributed by atoms with E-state index in [0.29, 0.717) is 11.4 Å². The fourth-order valence-corrected chi connectivity index (χ4v) is 1.73. The second-order valence-electron chi connectivity index (χ2n) is 4.72. The number of allylic oxidation sites excluding steroid dienone is 1. The van der Waals surface area contributed by atoms with Crippen molar-refractivity contribution in [1.82, 2.24) is 15.0 Å². The van der Waals surface area contributed by atoms with Gasteiger partial charge in [0.25, 0.3) is 0 Å². The Morgan fingerprint density at radius 3 is 2.36 bits per heavy atom. The summed E-state index contributed by atoms with van der Waals surface area (Å²) in [4.78, 5) is 22.1. The smallest absolute Gasteiger partial charge is 0.409 e. The van der Waals surface area contributed by atoms with E-state index < -0.39 is 22.7 Å². The monoisotopic (exact) mass is 417 g/mol. The number of aryl methyl sites for hydroxylation is 1. The van der Waals surface area contributed by atoms with Gasteiger partial charge in [-0.25, -0.2) is 4.79 Å². The summed E-state index contributed by atoms with van der Waals surface area (Å²) in [5.41, 5.74) is 0.551. The van der Waals surface area contributed by atoms with Gasteiger partial charge in [-0.3, -0.25) is 5.32 Å². The Balaban J connectivity index is 0.000000292. The first kappa shape index (κ1) is 22.7. The van der Waals surface area contributed by atoms with Crippen molar-refractivity contribution in [3.8, 4) is 6.01 Å². The number of hydrogen-bond donors (Lipinski definition) is 1. The summed E-state index contributed by atoms with van der Waals surface area (Å²) in [6.07, 6.45) is -2.96. The number of amides is 2. The van der Waals surface area contributed by atoms with E-state index in [1.165, 1.54) is 7.11 Å². The molecule has 1 N–H and O–H groups in total. The van der Waals surface area contributed by atoms with Crippen LogP contribution in [0.25, 0.3) is 6.08 Å². The molecule has 2 aromatic rings. The largest absolute Gasteiger partial charge is 0.467 e. The Labute approximate surface area is 159 Å². The van der Waals surface area contributed by atoms with Crippen molar-refractivity contribution in [2.45, 2.75) is 13.1 Å². The summed E-state index contributed by atoms with van der Waals surface area (Å²) in [5, 5.41) is 2.05. The van der Waals surface area contributed by atoms with Crippen molar-refractivity contribution in [3.63, 3.8) is 0 Å². The lowest BCUT2D eigenvalue weighted by atomic mass is 10.2. The summed E-state index contributed by atoms with van der Waals surface area (Å²) in [6.45, 7) is 1.56. The zero-order chi connectivity index (χ0) is 21.2. The Morgan fingerprint density at radius 1 is 1.18 bits per heavy atom. The fraction of sp³-hybridized carbons (Fsp3) is 0.200. The molecular weight excluding hydrogens is 403 g/mol. The lowest BCUT2D eigenvalue weighted by molar-refractivity contribution is -0.0790. The van der Waals surface area contributed by atoms with Crippen molar-refractivity contribution >= 4 is 28.6 Å². The van der Waals surface area contributed by atoms with Gasteiger partial charge < -0.3 is 4.74 Å². The molecule has 0 aliphatic heterocycles. The molecule has 1 heterocycles. The van der Waals surface area contributed by atoms with Crippen molar-refractivity contribution < 1.29 is 31.1 Å². The third kappa shape index (κ3) is 9.96. The molecule has 9 nitrogen and oxygen atoms in total. The number of aromatic nitrogens is 3. The van der Waals surface area contributed by atoms with Crippen LogP contribution in [0.15, 0.2) is 40.8 Å². The first-order valence-electron chi connectivity index (χ1n) is 7.29. The molecule has 0 fully saturated rings. The number of nitrogens with one attached hydrogen (secondary N) is 1. The maximum Gasteiger partial charge on any atom is 0.409 e. The number of nitrogens with zero attached hydrogens (tertiary/aromatic N) is 4. The van der Waals surface area contributed by atoms with Gasteiger partial charge in [0, 0.05) is 6.08 Å². The van der Waals surface area contributed by atoms with E-state index in [4.69, 9.17) is 4.74 Å². The number of halogens is 3. The van der Waals surface area contributed by atoms with Crippen LogP contribution in [0.2, 0.25) is 0 Å². The number of rotatable bonds is 3. The topological polar surface area (TPSA) is 124 Å². The molecule has 1 aromatic heterocycles. The van der Waals surface area contributed by atoms with Crippen molar-refractivity contribution in [2.24, 2.45) is 4.36 Å². The lowest BCUT2D eigenvalue weighted by Gasteiger charge is -2.02. The molecule has 0 spiro atoms. The minimum Gasteiger partial charge on any atom is -0.467 e. The van der Waals surface area contributed by atoms with Gasteiger partial charge >= 0.3 is 28.7 Å². The zero-order valence-corrected chi connectivity index (χ0v) is 15.3. The Morgan fingerprint density at radius 2 is 1.82 bits per heavy atom. The number of carbonyl (C=O) groups excluding carboxylic acids is 1. The van der Waals surface area contributed by atoms with Gasteiger partial charge in [-0.15, -0.1) is 0 Å². The molecule has 150 valence electrons. The average molecular weight is 417 g/mol. The molecule has 2 rings (SSSR count). The molecule has 2 amide bonds. The highest BCUT2D eigenvalue weighted by Gasteiger charge is 2.21. The van der Waals surface area contributed by atoms with Crippen LogP contribution < -0.4 is 10.1 Å². The molecule has 0 atom stereocenters. The van der Waals surface area contributed by atoms with E-state index in [0.717, 1.165) is 6.08 Å². The van der Waals surface area contributed by atoms with Crippen LogP contribution in [0.1, 0.15) is 11.4 Å². The molecule has 0 aliphatic rings. The quantitative estimate of drug-likeness (QED) is 0.814. The van der Waals surface area contributed by atoms with Crippen LogP contribution in [0, 0.1) is 6.92 Å². The summed E-state index contributed by atoms with van der Waals surface area (Å²) < 4.78 is 62.5. The first-order valence-corrected chi connectivity index (χ1v) is 8.32. The zero-order valence-electron chi connectivity index (χ0n) is 14.5. The summed E-state index contributed by atoms with van der Waals surface area (Å²) >= 11 is 0. The molecule has 1 aromatic carbocycles. The number of methoxy groups -OCH3 is 1. The first-order chi connectivity index (χ1) is 13.1. The third-order valence-electron chi connectivity index (χ3n) is 2.55. The van der Waals surface area contributed by atoms with E-state index in [1.807, 2.05) is 5.32 Å². The molecule has 13 heteroatoms. The van der Waals surface area contributed by atoms with E-state index in [-0.39, 0.29) is 18.0 Å². The minimum absolute atomic E-state index is 0.00560. The van der Waals surface area contributed by atoms with E-state index in [9.17, 15) is 26.4 Å². The van der Waals surface area contributed by atoms with E-state index in [1.54, 1.807) is 37.3 Å². The van der Waals surface area contributed by atoms with Gasteiger partial charge in [0.2, 0.25) is 5.95 Å². The molecule has 0 unspecified atom stereocenters.